The van der Waals surface area contributed by atoms with Gasteiger partial charge in [-0.3, -0.25) is 4.79 Å². The second-order valence-corrected chi connectivity index (χ2v) is 5.82. The molecule has 18 heavy (non-hydrogen) atoms. The van der Waals surface area contributed by atoms with Crippen LogP contribution in [-0.2, 0) is 4.74 Å². The van der Waals surface area contributed by atoms with Gasteiger partial charge in [-0.15, -0.1) is 0 Å². The fraction of sp³-hybridized carbons (Fsp3) is 0.500. The molecule has 1 amide bonds. The van der Waals surface area contributed by atoms with E-state index in [1.807, 2.05) is 43.9 Å². The Morgan fingerprint density at radius 2 is 1.94 bits per heavy atom. The van der Waals surface area contributed by atoms with Gasteiger partial charge in [0.05, 0.1) is 25.3 Å². The fourth-order valence-electron chi connectivity index (χ4n) is 2.41. The van der Waals surface area contributed by atoms with E-state index in [4.69, 9.17) is 4.74 Å². The minimum absolute atomic E-state index is 0.100. The SMILES string of the molecule is Cc1cc(Br)ccc1C(=O)N1[C@H](C)COC[C@H]1C. The van der Waals surface area contributed by atoms with Crippen LogP contribution in [0.2, 0.25) is 0 Å². The van der Waals surface area contributed by atoms with Crippen LogP contribution in [0.25, 0.3) is 0 Å². The monoisotopic (exact) mass is 311 g/mol. The molecule has 1 aromatic carbocycles. The van der Waals surface area contributed by atoms with Crippen LogP contribution in [0.15, 0.2) is 22.7 Å². The first-order valence-electron chi connectivity index (χ1n) is 6.17. The average molecular weight is 312 g/mol. The quantitative estimate of drug-likeness (QED) is 0.798. The van der Waals surface area contributed by atoms with Gasteiger partial charge in [0.1, 0.15) is 0 Å². The summed E-state index contributed by atoms with van der Waals surface area (Å²) in [5.41, 5.74) is 1.78. The predicted molar refractivity (Wildman–Crippen MR) is 74.8 cm³/mol. The number of benzene rings is 1. The van der Waals surface area contributed by atoms with Crippen molar-refractivity contribution in [3.8, 4) is 0 Å². The molecule has 98 valence electrons. The molecular formula is C14H18BrNO2. The number of ether oxygens (including phenoxy) is 1. The van der Waals surface area contributed by atoms with E-state index in [0.29, 0.717) is 13.2 Å². The molecule has 3 nitrogen and oxygen atoms in total. The zero-order chi connectivity index (χ0) is 13.3. The smallest absolute Gasteiger partial charge is 0.254 e. The lowest BCUT2D eigenvalue weighted by molar-refractivity contribution is -0.0249. The molecule has 1 saturated heterocycles. The number of nitrogens with zero attached hydrogens (tertiary/aromatic N) is 1. The van der Waals surface area contributed by atoms with Crippen LogP contribution < -0.4 is 0 Å². The predicted octanol–water partition coefficient (Wildman–Crippen LogP) is 3.01. The number of hydrogen-bond donors (Lipinski definition) is 0. The van der Waals surface area contributed by atoms with Crippen LogP contribution in [0.1, 0.15) is 29.8 Å². The van der Waals surface area contributed by atoms with Crippen molar-refractivity contribution in [1.29, 1.82) is 0 Å². The van der Waals surface area contributed by atoms with Crippen LogP contribution in [-0.4, -0.2) is 36.1 Å². The number of amides is 1. The maximum absolute atomic E-state index is 12.6. The van der Waals surface area contributed by atoms with E-state index in [1.165, 1.54) is 0 Å². The summed E-state index contributed by atoms with van der Waals surface area (Å²) < 4.78 is 6.46. The molecule has 0 saturated carbocycles. The molecule has 2 rings (SSSR count). The normalized spacial score (nSPS) is 24.1. The largest absolute Gasteiger partial charge is 0.377 e. The van der Waals surface area contributed by atoms with Crippen LogP contribution in [0, 0.1) is 6.92 Å². The first kappa shape index (κ1) is 13.6. The zero-order valence-corrected chi connectivity index (χ0v) is 12.5. The molecule has 1 aromatic rings. The van der Waals surface area contributed by atoms with Crippen LogP contribution in [0.3, 0.4) is 0 Å². The molecule has 1 aliphatic rings. The van der Waals surface area contributed by atoms with Crippen LogP contribution >= 0.6 is 15.9 Å². The molecule has 2 atom stereocenters. The number of aryl methyl sites for hydroxylation is 1. The van der Waals surface area contributed by atoms with Gasteiger partial charge in [-0.1, -0.05) is 15.9 Å². The second-order valence-electron chi connectivity index (χ2n) is 4.91. The third kappa shape index (κ3) is 2.59. The summed E-state index contributed by atoms with van der Waals surface area (Å²) >= 11 is 3.42. The van der Waals surface area contributed by atoms with Gasteiger partial charge in [-0.05, 0) is 44.5 Å². The third-order valence-electron chi connectivity index (χ3n) is 3.32. The van der Waals surface area contributed by atoms with E-state index >= 15 is 0 Å². The van der Waals surface area contributed by atoms with E-state index in [1.54, 1.807) is 0 Å². The molecule has 0 aromatic heterocycles. The van der Waals surface area contributed by atoms with Crippen molar-refractivity contribution >= 4 is 21.8 Å². The van der Waals surface area contributed by atoms with Gasteiger partial charge in [0.2, 0.25) is 0 Å². The summed E-state index contributed by atoms with van der Waals surface area (Å²) in [4.78, 5) is 14.5. The number of halogens is 1. The lowest BCUT2D eigenvalue weighted by Crippen LogP contribution is -2.52. The molecule has 0 spiro atoms. The van der Waals surface area contributed by atoms with Crippen molar-refractivity contribution in [3.63, 3.8) is 0 Å². The highest BCUT2D eigenvalue weighted by Crippen LogP contribution is 2.21. The minimum Gasteiger partial charge on any atom is -0.377 e. The molecule has 1 heterocycles. The number of rotatable bonds is 1. The Morgan fingerprint density at radius 1 is 1.33 bits per heavy atom. The topological polar surface area (TPSA) is 29.5 Å². The lowest BCUT2D eigenvalue weighted by Gasteiger charge is -2.39. The van der Waals surface area contributed by atoms with Crippen molar-refractivity contribution in [2.45, 2.75) is 32.9 Å². The molecule has 0 aliphatic carbocycles. The first-order chi connectivity index (χ1) is 8.50. The van der Waals surface area contributed by atoms with Gasteiger partial charge in [-0.2, -0.15) is 0 Å². The van der Waals surface area contributed by atoms with E-state index < -0.39 is 0 Å². The number of carbonyl (C=O) groups excluding carboxylic acids is 1. The first-order valence-corrected chi connectivity index (χ1v) is 6.96. The van der Waals surface area contributed by atoms with Gasteiger partial charge in [0.15, 0.2) is 0 Å². The Kier molecular flexibility index (Phi) is 4.07. The fourth-order valence-corrected chi connectivity index (χ4v) is 2.89. The Hall–Kier alpha value is -0.870. The van der Waals surface area contributed by atoms with Crippen molar-refractivity contribution in [2.75, 3.05) is 13.2 Å². The summed E-state index contributed by atoms with van der Waals surface area (Å²) in [6, 6.07) is 6.03. The Balaban J connectivity index is 2.29. The number of carbonyl (C=O) groups is 1. The van der Waals surface area contributed by atoms with E-state index in [-0.39, 0.29) is 18.0 Å². The van der Waals surface area contributed by atoms with Gasteiger partial charge in [-0.25, -0.2) is 0 Å². The summed E-state index contributed by atoms with van der Waals surface area (Å²) in [5, 5.41) is 0. The number of hydrogen-bond acceptors (Lipinski definition) is 2. The van der Waals surface area contributed by atoms with Crippen molar-refractivity contribution in [2.24, 2.45) is 0 Å². The van der Waals surface area contributed by atoms with E-state index in [0.717, 1.165) is 15.6 Å². The summed E-state index contributed by atoms with van der Waals surface area (Å²) in [6.45, 7) is 7.26. The standard InChI is InChI=1S/C14H18BrNO2/c1-9-6-12(15)4-5-13(9)14(17)16-10(2)7-18-8-11(16)3/h4-6,10-11H,7-8H2,1-3H3/t10-,11-/m1/s1. The maximum atomic E-state index is 12.6. The highest BCUT2D eigenvalue weighted by molar-refractivity contribution is 9.10. The zero-order valence-electron chi connectivity index (χ0n) is 10.9. The summed E-state index contributed by atoms with van der Waals surface area (Å²) in [7, 11) is 0. The highest BCUT2D eigenvalue weighted by Gasteiger charge is 2.30. The second kappa shape index (κ2) is 5.41. The molecular weight excluding hydrogens is 294 g/mol. The minimum atomic E-state index is 0.100. The van der Waals surface area contributed by atoms with Gasteiger partial charge in [0, 0.05) is 10.0 Å². The average Bonchev–Trinajstić information content (AvgIpc) is 2.28. The number of morpholine rings is 1. The van der Waals surface area contributed by atoms with E-state index in [2.05, 4.69) is 15.9 Å². The molecule has 1 fully saturated rings. The van der Waals surface area contributed by atoms with Crippen molar-refractivity contribution in [1.82, 2.24) is 4.90 Å². The summed E-state index contributed by atoms with van der Waals surface area (Å²) in [5.74, 6) is 0.100. The van der Waals surface area contributed by atoms with Crippen molar-refractivity contribution < 1.29 is 9.53 Å². The lowest BCUT2D eigenvalue weighted by atomic mass is 10.0. The Morgan fingerprint density at radius 3 is 2.50 bits per heavy atom. The molecule has 1 aliphatic heterocycles. The maximum Gasteiger partial charge on any atom is 0.254 e. The van der Waals surface area contributed by atoms with Gasteiger partial charge in [0.25, 0.3) is 5.91 Å². The third-order valence-corrected chi connectivity index (χ3v) is 3.81. The molecule has 4 heteroatoms. The molecule has 0 bridgehead atoms. The molecule has 0 unspecified atom stereocenters. The highest BCUT2D eigenvalue weighted by atomic mass is 79.9. The van der Waals surface area contributed by atoms with Gasteiger partial charge >= 0.3 is 0 Å². The van der Waals surface area contributed by atoms with Gasteiger partial charge < -0.3 is 9.64 Å². The summed E-state index contributed by atoms with van der Waals surface area (Å²) in [6.07, 6.45) is 0. The van der Waals surface area contributed by atoms with Crippen LogP contribution in [0.4, 0.5) is 0 Å². The Bertz CT molecular complexity index is 451. The van der Waals surface area contributed by atoms with Crippen molar-refractivity contribution in [3.05, 3.63) is 33.8 Å². The Labute approximate surface area is 116 Å². The molecule has 0 radical (unpaired) electrons. The van der Waals surface area contributed by atoms with Crippen LogP contribution in [0.5, 0.6) is 0 Å². The van der Waals surface area contributed by atoms with E-state index in [9.17, 15) is 4.79 Å². The molecule has 0 N–H and O–H groups in total.